The summed E-state index contributed by atoms with van der Waals surface area (Å²) >= 11 is 7.34. The normalized spacial score (nSPS) is 20.7. The number of alkyl halides is 1. The second-order valence-corrected chi connectivity index (χ2v) is 5.32. The molecule has 1 fully saturated rings. The van der Waals surface area contributed by atoms with E-state index >= 15 is 0 Å². The van der Waals surface area contributed by atoms with Gasteiger partial charge in [-0.25, -0.2) is 4.98 Å². The van der Waals surface area contributed by atoms with Crippen LogP contribution in [-0.4, -0.2) is 35.4 Å². The number of carbonyl (C=O) groups excluding carboxylic acids is 1. The summed E-state index contributed by atoms with van der Waals surface area (Å²) in [6.07, 6.45) is 2.01. The van der Waals surface area contributed by atoms with E-state index in [9.17, 15) is 4.79 Å². The average Bonchev–Trinajstić information content (AvgIpc) is 2.97. The largest absolute Gasteiger partial charge is 0.358 e. The molecule has 1 aromatic heterocycles. The molecule has 4 nitrogen and oxygen atoms in total. The van der Waals surface area contributed by atoms with Gasteiger partial charge in [0.15, 0.2) is 0 Å². The van der Waals surface area contributed by atoms with Crippen molar-refractivity contribution in [2.24, 2.45) is 0 Å². The molecule has 0 radical (unpaired) electrons. The molecule has 2 rings (SSSR count). The van der Waals surface area contributed by atoms with Crippen molar-refractivity contribution in [3.8, 4) is 0 Å². The van der Waals surface area contributed by atoms with E-state index in [-0.39, 0.29) is 11.9 Å². The number of amides is 1. The second-order valence-electron chi connectivity index (χ2n) is 4.11. The third kappa shape index (κ3) is 2.97. The number of carbonyl (C=O) groups is 1. The van der Waals surface area contributed by atoms with Crippen LogP contribution in [0.4, 0.5) is 0 Å². The van der Waals surface area contributed by atoms with Crippen LogP contribution in [0.3, 0.4) is 0 Å². The molecule has 6 heteroatoms. The van der Waals surface area contributed by atoms with E-state index in [1.807, 2.05) is 5.38 Å². The predicted octanol–water partition coefficient (Wildman–Crippen LogP) is 1.59. The summed E-state index contributed by atoms with van der Waals surface area (Å²) in [5, 5.41) is 5.74. The lowest BCUT2D eigenvalue weighted by atomic mass is 10.2. The lowest BCUT2D eigenvalue weighted by Gasteiger charge is -2.21. The number of likely N-dealkylation sites (N-methyl/N-ethyl adjacent to an activating group) is 1. The Kier molecular flexibility index (Phi) is 4.36. The lowest BCUT2D eigenvalue weighted by Crippen LogP contribution is -2.41. The van der Waals surface area contributed by atoms with Gasteiger partial charge in [-0.3, -0.25) is 9.69 Å². The Hall–Kier alpha value is -0.650. The van der Waals surface area contributed by atoms with Crippen LogP contribution in [0.5, 0.6) is 0 Å². The van der Waals surface area contributed by atoms with Gasteiger partial charge in [0.05, 0.1) is 24.2 Å². The molecule has 1 aliphatic rings. The van der Waals surface area contributed by atoms with Crippen LogP contribution < -0.4 is 5.32 Å². The van der Waals surface area contributed by atoms with E-state index in [0.29, 0.717) is 5.88 Å². The summed E-state index contributed by atoms with van der Waals surface area (Å²) < 4.78 is 0. The minimum Gasteiger partial charge on any atom is -0.358 e. The van der Waals surface area contributed by atoms with Gasteiger partial charge in [0.25, 0.3) is 0 Å². The second kappa shape index (κ2) is 5.80. The van der Waals surface area contributed by atoms with Crippen LogP contribution in [0, 0.1) is 0 Å². The minimum atomic E-state index is 0.00310. The van der Waals surface area contributed by atoms with E-state index in [4.69, 9.17) is 11.6 Å². The van der Waals surface area contributed by atoms with Gasteiger partial charge in [0, 0.05) is 12.4 Å². The molecule has 0 saturated carbocycles. The standard InChI is InChI=1S/C11H16ClN3OS/c1-13-11(16)9-3-2-4-15(9)6-10-14-8(5-12)7-17-10/h7,9H,2-6H2,1H3,(H,13,16). The Morgan fingerprint density at radius 1 is 1.76 bits per heavy atom. The number of nitrogens with one attached hydrogen (secondary N) is 1. The molecule has 1 saturated heterocycles. The van der Waals surface area contributed by atoms with Crippen molar-refractivity contribution in [3.05, 3.63) is 16.1 Å². The maximum absolute atomic E-state index is 11.7. The molecule has 1 aliphatic heterocycles. The van der Waals surface area contributed by atoms with Gasteiger partial charge in [-0.1, -0.05) is 0 Å². The molecule has 94 valence electrons. The van der Waals surface area contributed by atoms with Gasteiger partial charge in [-0.05, 0) is 19.4 Å². The maximum Gasteiger partial charge on any atom is 0.237 e. The highest BCUT2D eigenvalue weighted by Gasteiger charge is 2.30. The molecule has 17 heavy (non-hydrogen) atoms. The van der Waals surface area contributed by atoms with Crippen LogP contribution in [0.2, 0.25) is 0 Å². The predicted molar refractivity (Wildman–Crippen MR) is 69.2 cm³/mol. The summed E-state index contributed by atoms with van der Waals surface area (Å²) in [4.78, 5) is 18.3. The van der Waals surface area contributed by atoms with E-state index in [0.717, 1.165) is 36.6 Å². The molecule has 0 spiro atoms. The number of thiazole rings is 1. The topological polar surface area (TPSA) is 45.2 Å². The summed E-state index contributed by atoms with van der Waals surface area (Å²) in [6.45, 7) is 1.72. The number of hydrogen-bond acceptors (Lipinski definition) is 4. The van der Waals surface area contributed by atoms with Gasteiger partial charge in [0.1, 0.15) is 5.01 Å². The van der Waals surface area contributed by atoms with Crippen molar-refractivity contribution >= 4 is 28.8 Å². The fraction of sp³-hybridized carbons (Fsp3) is 0.636. The molecule has 1 N–H and O–H groups in total. The van der Waals surface area contributed by atoms with Crippen LogP contribution in [0.15, 0.2) is 5.38 Å². The minimum absolute atomic E-state index is 0.00310. The lowest BCUT2D eigenvalue weighted by molar-refractivity contribution is -0.125. The third-order valence-electron chi connectivity index (χ3n) is 2.99. The molecule has 1 aromatic rings. The Labute approximate surface area is 110 Å². The summed E-state index contributed by atoms with van der Waals surface area (Å²) in [5.41, 5.74) is 0.919. The average molecular weight is 274 g/mol. The molecule has 2 heterocycles. The van der Waals surface area contributed by atoms with Gasteiger partial charge in [0.2, 0.25) is 5.91 Å². The molecular formula is C11H16ClN3OS. The SMILES string of the molecule is CNC(=O)C1CCCN1Cc1nc(CCl)cs1. The maximum atomic E-state index is 11.7. The number of hydrogen-bond donors (Lipinski definition) is 1. The molecule has 1 amide bonds. The van der Waals surface area contributed by atoms with Crippen molar-refractivity contribution in [3.63, 3.8) is 0 Å². The quantitative estimate of drug-likeness (QED) is 0.848. The van der Waals surface area contributed by atoms with Crippen LogP contribution in [0.1, 0.15) is 23.5 Å². The zero-order valence-electron chi connectivity index (χ0n) is 9.78. The zero-order chi connectivity index (χ0) is 12.3. The van der Waals surface area contributed by atoms with Crippen molar-refractivity contribution in [1.82, 2.24) is 15.2 Å². The number of likely N-dealkylation sites (tertiary alicyclic amines) is 1. The van der Waals surface area contributed by atoms with E-state index in [1.54, 1.807) is 18.4 Å². The van der Waals surface area contributed by atoms with Crippen LogP contribution >= 0.6 is 22.9 Å². The first-order valence-corrected chi connectivity index (χ1v) is 7.11. The Balaban J connectivity index is 2.00. The van der Waals surface area contributed by atoms with Crippen molar-refractivity contribution < 1.29 is 4.79 Å². The summed E-state index contributed by atoms with van der Waals surface area (Å²) in [5.74, 6) is 0.562. The fourth-order valence-electron chi connectivity index (χ4n) is 2.14. The highest BCUT2D eigenvalue weighted by atomic mass is 35.5. The molecule has 0 aliphatic carbocycles. The van der Waals surface area contributed by atoms with Gasteiger partial charge in [-0.2, -0.15) is 0 Å². The highest BCUT2D eigenvalue weighted by Crippen LogP contribution is 2.22. The van der Waals surface area contributed by atoms with Gasteiger partial charge < -0.3 is 5.32 Å². The summed E-state index contributed by atoms with van der Waals surface area (Å²) in [7, 11) is 1.69. The van der Waals surface area contributed by atoms with E-state index in [1.165, 1.54) is 0 Å². The number of halogens is 1. The third-order valence-corrected chi connectivity index (χ3v) is 4.14. The van der Waals surface area contributed by atoms with Gasteiger partial charge >= 0.3 is 0 Å². The Morgan fingerprint density at radius 2 is 2.59 bits per heavy atom. The molecule has 1 atom stereocenters. The first-order chi connectivity index (χ1) is 8.24. The molecular weight excluding hydrogens is 258 g/mol. The van der Waals surface area contributed by atoms with E-state index < -0.39 is 0 Å². The monoisotopic (exact) mass is 273 g/mol. The number of rotatable bonds is 4. The molecule has 0 aromatic carbocycles. The van der Waals surface area contributed by atoms with E-state index in [2.05, 4.69) is 15.2 Å². The summed E-state index contributed by atoms with van der Waals surface area (Å²) in [6, 6.07) is 0.00310. The smallest absolute Gasteiger partial charge is 0.237 e. The molecule has 1 unspecified atom stereocenters. The number of aromatic nitrogens is 1. The van der Waals surface area contributed by atoms with Gasteiger partial charge in [-0.15, -0.1) is 22.9 Å². The first kappa shape index (κ1) is 12.8. The van der Waals surface area contributed by atoms with Crippen LogP contribution in [-0.2, 0) is 17.2 Å². The molecule has 0 bridgehead atoms. The van der Waals surface area contributed by atoms with Crippen molar-refractivity contribution in [2.75, 3.05) is 13.6 Å². The Bertz CT molecular complexity index is 396. The van der Waals surface area contributed by atoms with Crippen molar-refractivity contribution in [1.29, 1.82) is 0 Å². The highest BCUT2D eigenvalue weighted by molar-refractivity contribution is 7.09. The first-order valence-electron chi connectivity index (χ1n) is 5.69. The number of nitrogens with zero attached hydrogens (tertiary/aromatic N) is 2. The van der Waals surface area contributed by atoms with Crippen molar-refractivity contribution in [2.45, 2.75) is 31.3 Å². The fourth-order valence-corrected chi connectivity index (χ4v) is 3.18. The van der Waals surface area contributed by atoms with Crippen LogP contribution in [0.25, 0.3) is 0 Å². The zero-order valence-corrected chi connectivity index (χ0v) is 11.4. The Morgan fingerprint density at radius 3 is 3.24 bits per heavy atom.